The van der Waals surface area contributed by atoms with Crippen molar-refractivity contribution in [1.29, 1.82) is 0 Å². The first kappa shape index (κ1) is 34.0. The van der Waals surface area contributed by atoms with Gasteiger partial charge in [-0.05, 0) is 73.4 Å². The van der Waals surface area contributed by atoms with Crippen molar-refractivity contribution in [3.8, 4) is 5.75 Å². The Labute approximate surface area is 282 Å². The van der Waals surface area contributed by atoms with E-state index in [2.05, 4.69) is 5.32 Å². The number of sulfonamides is 1. The molecule has 1 fully saturated rings. The molecule has 246 valence electrons. The molecule has 0 bridgehead atoms. The first-order chi connectivity index (χ1) is 22.6. The van der Waals surface area contributed by atoms with Crippen LogP contribution >= 0.6 is 11.6 Å². The Hall–Kier alpha value is -4.34. The highest BCUT2D eigenvalue weighted by Gasteiger charge is 2.35. The van der Waals surface area contributed by atoms with Crippen LogP contribution in [0.25, 0.3) is 0 Å². The van der Waals surface area contributed by atoms with Crippen LogP contribution < -0.4 is 14.4 Å². The topological polar surface area (TPSA) is 96.0 Å². The van der Waals surface area contributed by atoms with Crippen molar-refractivity contribution in [2.75, 3.05) is 18.0 Å². The molecular weight excluding hydrogens is 634 g/mol. The minimum Gasteiger partial charge on any atom is -0.497 e. The maximum absolute atomic E-state index is 14.6. The van der Waals surface area contributed by atoms with E-state index in [1.54, 1.807) is 30.3 Å². The molecule has 8 nitrogen and oxygen atoms in total. The summed E-state index contributed by atoms with van der Waals surface area (Å²) in [6.07, 6.45) is 4.12. The molecule has 2 amide bonds. The van der Waals surface area contributed by atoms with Gasteiger partial charge in [-0.1, -0.05) is 90.7 Å². The second kappa shape index (κ2) is 15.5. The summed E-state index contributed by atoms with van der Waals surface area (Å²) in [6, 6.07) is 28.8. The second-order valence-corrected chi connectivity index (χ2v) is 14.2. The lowest BCUT2D eigenvalue weighted by molar-refractivity contribution is -0.140. The summed E-state index contributed by atoms with van der Waals surface area (Å²) in [5.41, 5.74) is 3.00. The van der Waals surface area contributed by atoms with Crippen LogP contribution in [0.15, 0.2) is 108 Å². The predicted molar refractivity (Wildman–Crippen MR) is 185 cm³/mol. The predicted octanol–water partition coefficient (Wildman–Crippen LogP) is 6.55. The molecule has 10 heteroatoms. The quantitative estimate of drug-likeness (QED) is 0.174. The molecule has 0 aromatic heterocycles. The average Bonchev–Trinajstić information content (AvgIpc) is 3.59. The number of nitrogens with one attached hydrogen (secondary N) is 1. The molecule has 0 heterocycles. The molecular formula is C37H40ClN3O5S. The van der Waals surface area contributed by atoms with Crippen LogP contribution in [0.3, 0.4) is 0 Å². The third-order valence-electron chi connectivity index (χ3n) is 8.47. The molecule has 0 saturated heterocycles. The summed E-state index contributed by atoms with van der Waals surface area (Å²) in [5, 5.41) is 3.51. The summed E-state index contributed by atoms with van der Waals surface area (Å²) in [7, 11) is -2.76. The van der Waals surface area contributed by atoms with Crippen molar-refractivity contribution >= 4 is 39.1 Å². The van der Waals surface area contributed by atoms with Gasteiger partial charge in [0.2, 0.25) is 11.8 Å². The zero-order chi connectivity index (χ0) is 33.4. The molecule has 5 rings (SSSR count). The van der Waals surface area contributed by atoms with Crippen LogP contribution in [0.4, 0.5) is 5.69 Å². The number of hydrogen-bond donors (Lipinski definition) is 1. The Kier molecular flexibility index (Phi) is 11.2. The van der Waals surface area contributed by atoms with Crippen LogP contribution in [-0.4, -0.2) is 50.9 Å². The number of amides is 2. The maximum atomic E-state index is 14.6. The Morgan fingerprint density at radius 1 is 0.894 bits per heavy atom. The van der Waals surface area contributed by atoms with E-state index in [-0.39, 0.29) is 35.5 Å². The molecule has 1 saturated carbocycles. The standard InChI is InChI=1S/C37H40ClN3O5S/c1-27-15-17-29(18-16-27)25-40(35(23-28-9-4-3-5-10-28)37(43)39-31-12-6-7-13-31)36(42)26-41(32-14-8-11-30(38)24-32)47(44,45)34-21-19-33(46-2)20-22-34/h3-5,8-11,14-22,24,31,35H,6-7,12-13,23,25-26H2,1-2H3,(H,39,43)/t35-/m0/s1. The van der Waals surface area contributed by atoms with E-state index in [4.69, 9.17) is 16.3 Å². The molecule has 1 N–H and O–H groups in total. The van der Waals surface area contributed by atoms with Crippen molar-refractivity contribution in [1.82, 2.24) is 10.2 Å². The zero-order valence-electron chi connectivity index (χ0n) is 26.6. The van der Waals surface area contributed by atoms with Gasteiger partial charge in [-0.25, -0.2) is 8.42 Å². The second-order valence-electron chi connectivity index (χ2n) is 11.9. The lowest BCUT2D eigenvalue weighted by Gasteiger charge is -2.34. The van der Waals surface area contributed by atoms with Gasteiger partial charge >= 0.3 is 0 Å². The van der Waals surface area contributed by atoms with E-state index < -0.39 is 28.5 Å². The van der Waals surface area contributed by atoms with Crippen LogP contribution in [0, 0.1) is 6.92 Å². The normalized spacial score (nSPS) is 13.9. The highest BCUT2D eigenvalue weighted by atomic mass is 35.5. The Morgan fingerprint density at radius 3 is 2.21 bits per heavy atom. The minimum absolute atomic E-state index is 0.0176. The summed E-state index contributed by atoms with van der Waals surface area (Å²) in [6.45, 7) is 1.54. The lowest BCUT2D eigenvalue weighted by Crippen LogP contribution is -2.54. The number of carbonyl (C=O) groups excluding carboxylic acids is 2. The molecule has 0 radical (unpaired) electrons. The summed E-state index contributed by atoms with van der Waals surface area (Å²) in [4.78, 5) is 30.2. The maximum Gasteiger partial charge on any atom is 0.264 e. The third-order valence-corrected chi connectivity index (χ3v) is 10.5. The van der Waals surface area contributed by atoms with E-state index in [1.807, 2.05) is 61.5 Å². The van der Waals surface area contributed by atoms with Gasteiger partial charge in [-0.3, -0.25) is 13.9 Å². The van der Waals surface area contributed by atoms with Crippen LogP contribution in [-0.2, 0) is 32.6 Å². The molecule has 0 unspecified atom stereocenters. The first-order valence-electron chi connectivity index (χ1n) is 15.8. The van der Waals surface area contributed by atoms with Crippen molar-refractivity contribution in [3.63, 3.8) is 0 Å². The number of rotatable bonds is 13. The van der Waals surface area contributed by atoms with Crippen molar-refractivity contribution in [2.45, 2.75) is 62.6 Å². The monoisotopic (exact) mass is 673 g/mol. The summed E-state index contributed by atoms with van der Waals surface area (Å²) < 4.78 is 34.7. The number of anilines is 1. The van der Waals surface area contributed by atoms with E-state index in [0.29, 0.717) is 10.8 Å². The number of hydrogen-bond acceptors (Lipinski definition) is 5. The molecule has 47 heavy (non-hydrogen) atoms. The molecule has 1 aliphatic rings. The van der Waals surface area contributed by atoms with Gasteiger partial charge in [-0.15, -0.1) is 0 Å². The molecule has 1 atom stereocenters. The number of benzene rings is 4. The van der Waals surface area contributed by atoms with Gasteiger partial charge in [-0.2, -0.15) is 0 Å². The van der Waals surface area contributed by atoms with E-state index in [9.17, 15) is 18.0 Å². The van der Waals surface area contributed by atoms with Crippen molar-refractivity contribution in [3.05, 3.63) is 125 Å². The van der Waals surface area contributed by atoms with Crippen LogP contribution in [0.1, 0.15) is 42.4 Å². The van der Waals surface area contributed by atoms with E-state index in [0.717, 1.165) is 46.7 Å². The fraction of sp³-hybridized carbons (Fsp3) is 0.297. The van der Waals surface area contributed by atoms with Gasteiger partial charge in [0, 0.05) is 24.0 Å². The lowest BCUT2D eigenvalue weighted by atomic mass is 10.0. The molecule has 0 spiro atoms. The number of carbonyl (C=O) groups is 2. The summed E-state index contributed by atoms with van der Waals surface area (Å²) in [5.74, 6) is -0.283. The Bertz CT molecular complexity index is 1760. The van der Waals surface area contributed by atoms with Gasteiger partial charge in [0.25, 0.3) is 10.0 Å². The highest BCUT2D eigenvalue weighted by Crippen LogP contribution is 2.28. The van der Waals surface area contributed by atoms with Crippen LogP contribution in [0.5, 0.6) is 5.75 Å². The van der Waals surface area contributed by atoms with Crippen LogP contribution in [0.2, 0.25) is 5.02 Å². The smallest absolute Gasteiger partial charge is 0.264 e. The number of ether oxygens (including phenoxy) is 1. The Morgan fingerprint density at radius 2 is 1.57 bits per heavy atom. The summed E-state index contributed by atoms with van der Waals surface area (Å²) >= 11 is 6.32. The van der Waals surface area contributed by atoms with Gasteiger partial charge in [0.05, 0.1) is 17.7 Å². The first-order valence-corrected chi connectivity index (χ1v) is 17.6. The number of nitrogens with zero attached hydrogens (tertiary/aromatic N) is 2. The zero-order valence-corrected chi connectivity index (χ0v) is 28.2. The fourth-order valence-electron chi connectivity index (χ4n) is 5.85. The van der Waals surface area contributed by atoms with Crippen molar-refractivity contribution < 1.29 is 22.7 Å². The highest BCUT2D eigenvalue weighted by molar-refractivity contribution is 7.92. The number of methoxy groups -OCH3 is 1. The minimum atomic E-state index is -4.26. The van der Waals surface area contributed by atoms with Gasteiger partial charge < -0.3 is 15.0 Å². The largest absolute Gasteiger partial charge is 0.497 e. The van der Waals surface area contributed by atoms with Gasteiger partial charge in [0.1, 0.15) is 18.3 Å². The van der Waals surface area contributed by atoms with E-state index >= 15 is 0 Å². The third kappa shape index (κ3) is 8.73. The van der Waals surface area contributed by atoms with Gasteiger partial charge in [0.15, 0.2) is 0 Å². The fourth-order valence-corrected chi connectivity index (χ4v) is 7.44. The number of aryl methyl sites for hydroxylation is 1. The molecule has 0 aliphatic heterocycles. The average molecular weight is 674 g/mol. The molecule has 4 aromatic rings. The Balaban J connectivity index is 1.56. The van der Waals surface area contributed by atoms with E-state index in [1.165, 1.54) is 30.2 Å². The molecule has 4 aromatic carbocycles. The van der Waals surface area contributed by atoms with Crippen molar-refractivity contribution in [2.24, 2.45) is 0 Å². The SMILES string of the molecule is COc1ccc(S(=O)(=O)N(CC(=O)N(Cc2ccc(C)cc2)[C@@H](Cc2ccccc2)C(=O)NC2CCCC2)c2cccc(Cl)c2)cc1. The molecule has 1 aliphatic carbocycles. The number of halogens is 1.